The molecule has 3 rings (SSSR count). The molecule has 170 valence electrons. The minimum atomic E-state index is -0.541. The van der Waals surface area contributed by atoms with Crippen molar-refractivity contribution >= 4 is 45.0 Å². The summed E-state index contributed by atoms with van der Waals surface area (Å²) in [5.74, 6) is -1.17. The van der Waals surface area contributed by atoms with Crippen molar-refractivity contribution in [1.29, 1.82) is 0 Å². The maximum atomic E-state index is 13.9. The van der Waals surface area contributed by atoms with Crippen LogP contribution in [-0.2, 0) is 20.6 Å². The van der Waals surface area contributed by atoms with Gasteiger partial charge < -0.3 is 24.3 Å². The van der Waals surface area contributed by atoms with Crippen LogP contribution in [0.3, 0.4) is 0 Å². The van der Waals surface area contributed by atoms with E-state index in [1.807, 2.05) is 36.4 Å². The van der Waals surface area contributed by atoms with Gasteiger partial charge in [0.15, 0.2) is 28.2 Å². The highest BCUT2D eigenvalue weighted by Crippen LogP contribution is 2.27. The summed E-state index contributed by atoms with van der Waals surface area (Å²) in [4.78, 5) is 17.3. The summed E-state index contributed by atoms with van der Waals surface area (Å²) in [6.45, 7) is 5.33. The summed E-state index contributed by atoms with van der Waals surface area (Å²) >= 11 is 3.46. The van der Waals surface area contributed by atoms with Gasteiger partial charge in [0, 0.05) is 15.0 Å². The molecule has 2 aromatic rings. The Morgan fingerprint density at radius 1 is 1.45 bits per heavy atom. The Kier molecular flexibility index (Phi) is 8.48. The van der Waals surface area contributed by atoms with E-state index in [2.05, 4.69) is 10.3 Å². The summed E-state index contributed by atoms with van der Waals surface area (Å²) in [6.07, 6.45) is 1.98. The second-order valence-electron chi connectivity index (χ2n) is 7.48. The van der Waals surface area contributed by atoms with E-state index in [4.69, 9.17) is 18.9 Å². The molecule has 0 amide bonds. The molecule has 1 saturated heterocycles. The first-order chi connectivity index (χ1) is 14.8. The molecule has 1 aromatic heterocycles. The van der Waals surface area contributed by atoms with Gasteiger partial charge in [-0.15, -0.1) is 11.3 Å². The molecule has 1 aromatic carbocycles. The molecule has 10 heteroatoms. The SMILES string of the molecule is COC(=O)c1nc(NCCC2COC(C)(C)O2)sc1CCCOc1ccc(I)cc1F. The quantitative estimate of drug-likeness (QED) is 0.256. The number of aryl methyl sites for hydroxylation is 1. The number of benzene rings is 1. The van der Waals surface area contributed by atoms with Gasteiger partial charge in [0.1, 0.15) is 0 Å². The van der Waals surface area contributed by atoms with E-state index in [1.165, 1.54) is 24.5 Å². The molecule has 1 fully saturated rings. The molecular formula is C21H26FIN2O5S. The number of nitrogens with one attached hydrogen (secondary N) is 1. The lowest BCUT2D eigenvalue weighted by Gasteiger charge is -2.17. The number of carbonyl (C=O) groups is 1. The van der Waals surface area contributed by atoms with Crippen LogP contribution in [0.15, 0.2) is 18.2 Å². The van der Waals surface area contributed by atoms with Crippen molar-refractivity contribution in [2.45, 2.75) is 45.0 Å². The second-order valence-corrected chi connectivity index (χ2v) is 9.80. The molecule has 0 radical (unpaired) electrons. The number of methoxy groups -OCH3 is 1. The van der Waals surface area contributed by atoms with Crippen molar-refractivity contribution in [3.63, 3.8) is 0 Å². The Hall–Kier alpha value is -1.50. The smallest absolute Gasteiger partial charge is 0.357 e. The van der Waals surface area contributed by atoms with Gasteiger partial charge in [-0.1, -0.05) is 0 Å². The van der Waals surface area contributed by atoms with Gasteiger partial charge in [-0.3, -0.25) is 0 Å². The van der Waals surface area contributed by atoms with Crippen LogP contribution in [0.5, 0.6) is 5.75 Å². The third kappa shape index (κ3) is 6.99. The lowest BCUT2D eigenvalue weighted by atomic mass is 10.2. The lowest BCUT2D eigenvalue weighted by molar-refractivity contribution is -0.138. The third-order valence-corrected chi connectivity index (χ3v) is 6.33. The Bertz CT molecular complexity index is 908. The fourth-order valence-corrected chi connectivity index (χ4v) is 4.58. The third-order valence-electron chi connectivity index (χ3n) is 4.59. The molecule has 0 bridgehead atoms. The van der Waals surface area contributed by atoms with Crippen LogP contribution in [0.4, 0.5) is 9.52 Å². The van der Waals surface area contributed by atoms with Crippen molar-refractivity contribution in [3.8, 4) is 5.75 Å². The zero-order chi connectivity index (χ0) is 22.4. The Labute approximate surface area is 198 Å². The summed E-state index contributed by atoms with van der Waals surface area (Å²) in [7, 11) is 1.33. The lowest BCUT2D eigenvalue weighted by Crippen LogP contribution is -2.22. The first-order valence-electron chi connectivity index (χ1n) is 9.99. The van der Waals surface area contributed by atoms with Crippen molar-refractivity contribution in [3.05, 3.63) is 38.2 Å². The highest BCUT2D eigenvalue weighted by Gasteiger charge is 2.32. The number of rotatable bonds is 10. The molecule has 0 spiro atoms. The van der Waals surface area contributed by atoms with E-state index < -0.39 is 11.8 Å². The molecule has 7 nitrogen and oxygen atoms in total. The fourth-order valence-electron chi connectivity index (χ4n) is 3.11. The molecule has 31 heavy (non-hydrogen) atoms. The maximum absolute atomic E-state index is 13.9. The number of ether oxygens (including phenoxy) is 4. The zero-order valence-electron chi connectivity index (χ0n) is 17.7. The van der Waals surface area contributed by atoms with Gasteiger partial charge in [0.05, 0.1) is 26.4 Å². The molecule has 1 aliphatic heterocycles. The van der Waals surface area contributed by atoms with Crippen molar-refractivity contribution < 1.29 is 28.1 Å². The number of carbonyl (C=O) groups excluding carboxylic acids is 1. The number of hydrogen-bond acceptors (Lipinski definition) is 8. The summed E-state index contributed by atoms with van der Waals surface area (Å²) < 4.78 is 36.4. The van der Waals surface area contributed by atoms with Crippen molar-refractivity contribution in [1.82, 2.24) is 4.98 Å². The maximum Gasteiger partial charge on any atom is 0.357 e. The van der Waals surface area contributed by atoms with Crippen LogP contribution in [0.2, 0.25) is 0 Å². The molecule has 1 atom stereocenters. The number of thiazole rings is 1. The van der Waals surface area contributed by atoms with Gasteiger partial charge >= 0.3 is 5.97 Å². The van der Waals surface area contributed by atoms with Crippen LogP contribution >= 0.6 is 33.9 Å². The summed E-state index contributed by atoms with van der Waals surface area (Å²) in [5.41, 5.74) is 0.303. The van der Waals surface area contributed by atoms with Gasteiger partial charge in [-0.05, 0) is 73.9 Å². The molecule has 2 heterocycles. The number of halogens is 2. The number of anilines is 1. The topological polar surface area (TPSA) is 78.9 Å². The van der Waals surface area contributed by atoms with Crippen LogP contribution in [0.25, 0.3) is 0 Å². The van der Waals surface area contributed by atoms with Crippen molar-refractivity contribution in [2.24, 2.45) is 0 Å². The molecule has 0 saturated carbocycles. The first kappa shape index (κ1) is 24.1. The largest absolute Gasteiger partial charge is 0.491 e. The predicted octanol–water partition coefficient (Wildman–Crippen LogP) is 4.64. The van der Waals surface area contributed by atoms with E-state index in [9.17, 15) is 9.18 Å². The van der Waals surface area contributed by atoms with E-state index >= 15 is 0 Å². The fraction of sp³-hybridized carbons (Fsp3) is 0.524. The standard InChI is InChI=1S/C21H26FIN2O5S/c1-21(2)29-12-14(30-21)8-9-24-20-25-18(19(26)27-3)17(31-20)5-4-10-28-16-7-6-13(23)11-15(16)22/h6-7,11,14H,4-5,8-10,12H2,1-3H3,(H,24,25). The van der Waals surface area contributed by atoms with Gasteiger partial charge in [-0.2, -0.15) is 0 Å². The summed E-state index contributed by atoms with van der Waals surface area (Å²) in [5, 5.41) is 3.90. The second kappa shape index (κ2) is 10.9. The number of aromatic nitrogens is 1. The molecule has 1 N–H and O–H groups in total. The van der Waals surface area contributed by atoms with Gasteiger partial charge in [0.25, 0.3) is 0 Å². The highest BCUT2D eigenvalue weighted by atomic mass is 127. The Morgan fingerprint density at radius 2 is 2.26 bits per heavy atom. The van der Waals surface area contributed by atoms with Crippen LogP contribution < -0.4 is 10.1 Å². The van der Waals surface area contributed by atoms with Gasteiger partial charge in [-0.25, -0.2) is 14.2 Å². The van der Waals surface area contributed by atoms with E-state index in [-0.39, 0.29) is 17.7 Å². The number of esters is 1. The minimum Gasteiger partial charge on any atom is -0.491 e. The normalized spacial score (nSPS) is 17.5. The van der Waals surface area contributed by atoms with E-state index in [0.29, 0.717) is 43.4 Å². The van der Waals surface area contributed by atoms with Crippen LogP contribution in [-0.4, -0.2) is 49.7 Å². The molecule has 0 aliphatic carbocycles. The number of hydrogen-bond donors (Lipinski definition) is 1. The first-order valence-corrected chi connectivity index (χ1v) is 11.9. The Balaban J connectivity index is 1.51. The average Bonchev–Trinajstić information content (AvgIpc) is 3.28. The highest BCUT2D eigenvalue weighted by molar-refractivity contribution is 14.1. The van der Waals surface area contributed by atoms with Crippen LogP contribution in [0, 0.1) is 9.39 Å². The predicted molar refractivity (Wildman–Crippen MR) is 124 cm³/mol. The minimum absolute atomic E-state index is 0.0285. The monoisotopic (exact) mass is 564 g/mol. The number of nitrogens with zero attached hydrogens (tertiary/aromatic N) is 1. The molecule has 1 unspecified atom stereocenters. The van der Waals surface area contributed by atoms with Crippen molar-refractivity contribution in [2.75, 3.05) is 32.2 Å². The average molecular weight is 564 g/mol. The Morgan fingerprint density at radius 3 is 2.94 bits per heavy atom. The zero-order valence-corrected chi connectivity index (χ0v) is 20.7. The van der Waals surface area contributed by atoms with Crippen LogP contribution in [0.1, 0.15) is 42.1 Å². The molecular weight excluding hydrogens is 538 g/mol. The van der Waals surface area contributed by atoms with E-state index in [0.717, 1.165) is 14.9 Å². The summed E-state index contributed by atoms with van der Waals surface area (Å²) in [6, 6.07) is 4.83. The molecule has 1 aliphatic rings. The van der Waals surface area contributed by atoms with Gasteiger partial charge in [0.2, 0.25) is 0 Å². The van der Waals surface area contributed by atoms with E-state index in [1.54, 1.807) is 12.1 Å².